The molecule has 0 atom stereocenters. The van der Waals surface area contributed by atoms with Gasteiger partial charge in [-0.2, -0.15) is 0 Å². The second kappa shape index (κ2) is 10.3. The van der Waals surface area contributed by atoms with Crippen molar-refractivity contribution in [2.24, 2.45) is 0 Å². The summed E-state index contributed by atoms with van der Waals surface area (Å²) in [6, 6.07) is 13.2. The first kappa shape index (κ1) is 21.1. The molecule has 164 valence electrons. The standard InChI is InChI=1S/C23H29N5O3/c29-22(25-11-15-28-16-12-26-23(28)30)18-4-6-20(7-5-18)31-21-8-13-27(14-9-21)17-19-3-1-2-10-24-19/h1-7,10,21H,8-9,11-17H2,(H,25,29)(H,26,30). The van der Waals surface area contributed by atoms with E-state index in [1.165, 1.54) is 0 Å². The predicted octanol–water partition coefficient (Wildman–Crippen LogP) is 1.88. The number of likely N-dealkylation sites (tertiary alicyclic amines) is 1. The van der Waals surface area contributed by atoms with Crippen LogP contribution in [0.2, 0.25) is 0 Å². The highest BCUT2D eigenvalue weighted by Crippen LogP contribution is 2.20. The van der Waals surface area contributed by atoms with Gasteiger partial charge in [-0.15, -0.1) is 0 Å². The molecule has 2 aliphatic rings. The third kappa shape index (κ3) is 5.95. The molecule has 2 aromatic rings. The van der Waals surface area contributed by atoms with Crippen LogP contribution in [0.5, 0.6) is 5.75 Å². The zero-order valence-electron chi connectivity index (χ0n) is 17.6. The molecule has 4 rings (SSSR count). The number of piperidine rings is 1. The second-order valence-corrected chi connectivity index (χ2v) is 7.91. The number of urea groups is 1. The number of ether oxygens (including phenoxy) is 1. The molecular weight excluding hydrogens is 394 g/mol. The van der Waals surface area contributed by atoms with E-state index in [1.807, 2.05) is 30.5 Å². The Morgan fingerprint density at radius 3 is 2.61 bits per heavy atom. The minimum Gasteiger partial charge on any atom is -0.490 e. The number of pyridine rings is 1. The van der Waals surface area contributed by atoms with Gasteiger partial charge in [0.05, 0.1) is 5.69 Å². The highest BCUT2D eigenvalue weighted by Gasteiger charge is 2.21. The molecule has 0 saturated carbocycles. The number of amides is 3. The van der Waals surface area contributed by atoms with Gasteiger partial charge in [0.2, 0.25) is 0 Å². The maximum absolute atomic E-state index is 12.3. The number of hydrogen-bond acceptors (Lipinski definition) is 5. The van der Waals surface area contributed by atoms with Crippen molar-refractivity contribution in [2.45, 2.75) is 25.5 Å². The zero-order valence-corrected chi connectivity index (χ0v) is 17.6. The first-order valence-electron chi connectivity index (χ1n) is 10.9. The van der Waals surface area contributed by atoms with Crippen LogP contribution in [-0.4, -0.2) is 72.1 Å². The fourth-order valence-corrected chi connectivity index (χ4v) is 3.91. The number of carbonyl (C=O) groups excluding carboxylic acids is 2. The number of carbonyl (C=O) groups is 2. The van der Waals surface area contributed by atoms with Crippen LogP contribution in [0.15, 0.2) is 48.7 Å². The van der Waals surface area contributed by atoms with Gasteiger partial charge >= 0.3 is 6.03 Å². The van der Waals surface area contributed by atoms with E-state index in [0.29, 0.717) is 31.7 Å². The Bertz CT molecular complexity index is 867. The van der Waals surface area contributed by atoms with Crippen LogP contribution in [0.4, 0.5) is 4.79 Å². The zero-order chi connectivity index (χ0) is 21.5. The predicted molar refractivity (Wildman–Crippen MR) is 117 cm³/mol. The summed E-state index contributed by atoms with van der Waals surface area (Å²) in [7, 11) is 0. The van der Waals surface area contributed by atoms with Crippen molar-refractivity contribution in [3.05, 3.63) is 59.9 Å². The second-order valence-electron chi connectivity index (χ2n) is 7.91. The van der Waals surface area contributed by atoms with Crippen molar-refractivity contribution in [3.63, 3.8) is 0 Å². The molecule has 0 aliphatic carbocycles. The van der Waals surface area contributed by atoms with Gasteiger partial charge in [0, 0.05) is 57.6 Å². The van der Waals surface area contributed by atoms with E-state index in [0.717, 1.165) is 43.9 Å². The van der Waals surface area contributed by atoms with E-state index >= 15 is 0 Å². The Hall–Kier alpha value is -3.13. The molecule has 2 aliphatic heterocycles. The van der Waals surface area contributed by atoms with Crippen molar-refractivity contribution in [1.29, 1.82) is 0 Å². The minimum absolute atomic E-state index is 0.0710. The Balaban J connectivity index is 1.18. The highest BCUT2D eigenvalue weighted by molar-refractivity contribution is 5.94. The minimum atomic E-state index is -0.144. The summed E-state index contributed by atoms with van der Waals surface area (Å²) in [4.78, 5) is 32.3. The third-order valence-corrected chi connectivity index (χ3v) is 5.68. The van der Waals surface area contributed by atoms with Crippen LogP contribution in [0.3, 0.4) is 0 Å². The number of hydrogen-bond donors (Lipinski definition) is 2. The number of nitrogens with zero attached hydrogens (tertiary/aromatic N) is 3. The van der Waals surface area contributed by atoms with Gasteiger partial charge < -0.3 is 20.3 Å². The van der Waals surface area contributed by atoms with E-state index in [1.54, 1.807) is 17.0 Å². The SMILES string of the molecule is O=C(NCCN1CCNC1=O)c1ccc(OC2CCN(Cc3ccccn3)CC2)cc1. The van der Waals surface area contributed by atoms with E-state index in [4.69, 9.17) is 4.74 Å². The highest BCUT2D eigenvalue weighted by atomic mass is 16.5. The van der Waals surface area contributed by atoms with Gasteiger partial charge in [-0.3, -0.25) is 14.7 Å². The van der Waals surface area contributed by atoms with Gasteiger partial charge in [0.25, 0.3) is 5.91 Å². The molecule has 0 radical (unpaired) electrons. The van der Waals surface area contributed by atoms with Crippen molar-refractivity contribution < 1.29 is 14.3 Å². The lowest BCUT2D eigenvalue weighted by Crippen LogP contribution is -2.38. The Morgan fingerprint density at radius 2 is 1.94 bits per heavy atom. The Morgan fingerprint density at radius 1 is 1.13 bits per heavy atom. The van der Waals surface area contributed by atoms with Gasteiger partial charge in [0.15, 0.2) is 0 Å². The normalized spacial score (nSPS) is 17.4. The van der Waals surface area contributed by atoms with Crippen LogP contribution in [0, 0.1) is 0 Å². The maximum atomic E-state index is 12.3. The first-order valence-corrected chi connectivity index (χ1v) is 10.9. The number of benzene rings is 1. The summed E-state index contributed by atoms with van der Waals surface area (Å²) in [6.45, 7) is 5.13. The lowest BCUT2D eigenvalue weighted by Gasteiger charge is -2.31. The van der Waals surface area contributed by atoms with Crippen LogP contribution >= 0.6 is 0 Å². The summed E-state index contributed by atoms with van der Waals surface area (Å²) in [6.07, 6.45) is 3.96. The molecule has 0 unspecified atom stereocenters. The summed E-state index contributed by atoms with van der Waals surface area (Å²) >= 11 is 0. The maximum Gasteiger partial charge on any atom is 0.317 e. The summed E-state index contributed by atoms with van der Waals surface area (Å²) in [5.74, 6) is 0.641. The van der Waals surface area contributed by atoms with E-state index in [2.05, 4.69) is 26.6 Å². The molecule has 0 bridgehead atoms. The molecule has 0 spiro atoms. The molecule has 3 amide bonds. The Labute approximate surface area is 182 Å². The van der Waals surface area contributed by atoms with E-state index in [9.17, 15) is 9.59 Å². The molecular formula is C23H29N5O3. The number of nitrogens with one attached hydrogen (secondary N) is 2. The van der Waals surface area contributed by atoms with Crippen molar-refractivity contribution in [2.75, 3.05) is 39.3 Å². The van der Waals surface area contributed by atoms with Crippen molar-refractivity contribution in [3.8, 4) is 5.75 Å². The fourth-order valence-electron chi connectivity index (χ4n) is 3.91. The molecule has 1 aromatic carbocycles. The average molecular weight is 424 g/mol. The molecule has 8 nitrogen and oxygen atoms in total. The van der Waals surface area contributed by atoms with E-state index < -0.39 is 0 Å². The molecule has 2 N–H and O–H groups in total. The quantitative estimate of drug-likeness (QED) is 0.677. The molecule has 3 heterocycles. The third-order valence-electron chi connectivity index (χ3n) is 5.68. The van der Waals surface area contributed by atoms with Crippen LogP contribution < -0.4 is 15.4 Å². The summed E-state index contributed by atoms with van der Waals surface area (Å²) in [5.41, 5.74) is 1.68. The fraction of sp³-hybridized carbons (Fsp3) is 0.435. The van der Waals surface area contributed by atoms with Crippen molar-refractivity contribution in [1.82, 2.24) is 25.4 Å². The van der Waals surface area contributed by atoms with Gasteiger partial charge in [-0.25, -0.2) is 4.79 Å². The molecule has 2 fully saturated rings. The number of aromatic nitrogens is 1. The number of rotatable bonds is 8. The lowest BCUT2D eigenvalue weighted by atomic mass is 10.1. The largest absolute Gasteiger partial charge is 0.490 e. The monoisotopic (exact) mass is 423 g/mol. The van der Waals surface area contributed by atoms with E-state index in [-0.39, 0.29) is 18.0 Å². The summed E-state index contributed by atoms with van der Waals surface area (Å²) in [5, 5.41) is 5.61. The first-order chi connectivity index (χ1) is 15.2. The van der Waals surface area contributed by atoms with Gasteiger partial charge in [-0.1, -0.05) is 6.07 Å². The molecule has 8 heteroatoms. The summed E-state index contributed by atoms with van der Waals surface area (Å²) < 4.78 is 6.12. The molecule has 1 aromatic heterocycles. The molecule has 2 saturated heterocycles. The van der Waals surface area contributed by atoms with Crippen molar-refractivity contribution >= 4 is 11.9 Å². The smallest absolute Gasteiger partial charge is 0.317 e. The molecule has 31 heavy (non-hydrogen) atoms. The topological polar surface area (TPSA) is 86.8 Å². The van der Waals surface area contributed by atoms with Gasteiger partial charge in [-0.05, 0) is 49.2 Å². The van der Waals surface area contributed by atoms with Crippen LogP contribution in [-0.2, 0) is 6.54 Å². The lowest BCUT2D eigenvalue weighted by molar-refractivity contribution is 0.0946. The Kier molecular flexibility index (Phi) is 6.99. The van der Waals surface area contributed by atoms with Gasteiger partial charge in [0.1, 0.15) is 11.9 Å². The average Bonchev–Trinajstić information content (AvgIpc) is 3.21. The van der Waals surface area contributed by atoms with Crippen LogP contribution in [0.1, 0.15) is 28.9 Å². The van der Waals surface area contributed by atoms with Crippen LogP contribution in [0.25, 0.3) is 0 Å².